The minimum Gasteiger partial charge on any atom is -0.497 e. The maximum Gasteiger partial charge on any atom is 0.264 e. The standard InChI is InChI=1S/C33H34N4O7S/c1-24(26-10-6-4-7-11-26)35-33(39)23-44-27-16-14-25(15-17-27)21-34-36-32(38)22-37(45(40,41)29-12-8-5-9-13-29)30-20-28(42-2)18-19-31(30)43-3/h4-21,24H,22-23H2,1-3H3,(H,35,39)(H,36,38)/b34-21-/t24-/m0/s1. The number of methoxy groups -OCH3 is 2. The average Bonchev–Trinajstić information content (AvgIpc) is 3.07. The molecule has 0 bridgehead atoms. The van der Waals surface area contributed by atoms with Gasteiger partial charge in [0, 0.05) is 6.07 Å². The van der Waals surface area contributed by atoms with Crippen molar-refractivity contribution in [3.8, 4) is 17.2 Å². The molecule has 45 heavy (non-hydrogen) atoms. The number of nitrogens with zero attached hydrogens (tertiary/aromatic N) is 2. The quantitative estimate of drug-likeness (QED) is 0.157. The van der Waals surface area contributed by atoms with E-state index in [0.717, 1.165) is 9.87 Å². The molecule has 0 saturated heterocycles. The van der Waals surface area contributed by atoms with Crippen molar-refractivity contribution in [2.45, 2.75) is 17.9 Å². The van der Waals surface area contributed by atoms with E-state index >= 15 is 0 Å². The summed E-state index contributed by atoms with van der Waals surface area (Å²) >= 11 is 0. The molecule has 0 aromatic heterocycles. The van der Waals surface area contributed by atoms with Crippen LogP contribution in [0, 0.1) is 0 Å². The topological polar surface area (TPSA) is 136 Å². The van der Waals surface area contributed by atoms with E-state index in [9.17, 15) is 18.0 Å². The Bertz CT molecular complexity index is 1720. The van der Waals surface area contributed by atoms with Crippen molar-refractivity contribution in [2.75, 3.05) is 31.7 Å². The van der Waals surface area contributed by atoms with Crippen LogP contribution in [-0.2, 0) is 19.6 Å². The maximum absolute atomic E-state index is 13.7. The van der Waals surface area contributed by atoms with E-state index in [1.165, 1.54) is 38.6 Å². The molecule has 4 rings (SSSR count). The van der Waals surface area contributed by atoms with Crippen LogP contribution in [0.1, 0.15) is 24.1 Å². The molecule has 0 fully saturated rings. The summed E-state index contributed by atoms with van der Waals surface area (Å²) < 4.78 is 44.5. The van der Waals surface area contributed by atoms with Crippen molar-refractivity contribution >= 4 is 33.7 Å². The molecule has 4 aromatic carbocycles. The Labute approximate surface area is 262 Å². The molecule has 0 aliphatic heterocycles. The Balaban J connectivity index is 1.38. The summed E-state index contributed by atoms with van der Waals surface area (Å²) in [7, 11) is -1.32. The first-order chi connectivity index (χ1) is 21.7. The van der Waals surface area contributed by atoms with Gasteiger partial charge in [-0.3, -0.25) is 13.9 Å². The van der Waals surface area contributed by atoms with Crippen LogP contribution < -0.4 is 29.3 Å². The van der Waals surface area contributed by atoms with E-state index in [4.69, 9.17) is 14.2 Å². The third kappa shape index (κ3) is 8.83. The number of carbonyl (C=O) groups is 2. The first-order valence-corrected chi connectivity index (χ1v) is 15.3. The average molecular weight is 631 g/mol. The lowest BCUT2D eigenvalue weighted by atomic mass is 10.1. The van der Waals surface area contributed by atoms with E-state index in [1.54, 1.807) is 54.6 Å². The molecule has 234 valence electrons. The first kappa shape index (κ1) is 32.6. The number of nitrogens with one attached hydrogen (secondary N) is 2. The van der Waals surface area contributed by atoms with Crippen LogP contribution in [0.15, 0.2) is 113 Å². The number of hydrogen-bond acceptors (Lipinski definition) is 8. The van der Waals surface area contributed by atoms with Gasteiger partial charge in [0.2, 0.25) is 0 Å². The number of hydrazone groups is 1. The lowest BCUT2D eigenvalue weighted by Crippen LogP contribution is -2.39. The Morgan fingerprint density at radius 1 is 0.844 bits per heavy atom. The van der Waals surface area contributed by atoms with Gasteiger partial charge in [0.1, 0.15) is 23.8 Å². The number of hydrogen-bond donors (Lipinski definition) is 2. The molecule has 0 aliphatic rings. The highest BCUT2D eigenvalue weighted by Gasteiger charge is 2.30. The minimum absolute atomic E-state index is 0.00308. The van der Waals surface area contributed by atoms with Crippen molar-refractivity contribution in [1.82, 2.24) is 10.7 Å². The number of carbonyl (C=O) groups excluding carboxylic acids is 2. The zero-order valence-corrected chi connectivity index (χ0v) is 25.9. The number of sulfonamides is 1. The maximum atomic E-state index is 13.7. The van der Waals surface area contributed by atoms with Crippen molar-refractivity contribution in [3.63, 3.8) is 0 Å². The van der Waals surface area contributed by atoms with Crippen LogP contribution in [0.25, 0.3) is 0 Å². The van der Waals surface area contributed by atoms with Gasteiger partial charge in [0.05, 0.1) is 37.1 Å². The Hall–Kier alpha value is -5.36. The summed E-state index contributed by atoms with van der Waals surface area (Å²) in [4.78, 5) is 25.3. The van der Waals surface area contributed by atoms with Crippen LogP contribution in [0.5, 0.6) is 17.2 Å². The molecular formula is C33H34N4O7S. The summed E-state index contributed by atoms with van der Waals surface area (Å²) in [6.07, 6.45) is 1.40. The van der Waals surface area contributed by atoms with Crippen molar-refractivity contribution < 1.29 is 32.2 Å². The summed E-state index contributed by atoms with van der Waals surface area (Å²) in [5.74, 6) is 0.151. The molecule has 11 nitrogen and oxygen atoms in total. The zero-order valence-electron chi connectivity index (χ0n) is 25.0. The number of amides is 2. The molecule has 4 aromatic rings. The molecule has 2 N–H and O–H groups in total. The fourth-order valence-electron chi connectivity index (χ4n) is 4.26. The molecule has 0 saturated carbocycles. The van der Waals surface area contributed by atoms with Crippen LogP contribution >= 0.6 is 0 Å². The predicted molar refractivity (Wildman–Crippen MR) is 171 cm³/mol. The van der Waals surface area contributed by atoms with E-state index in [2.05, 4.69) is 15.8 Å². The third-order valence-corrected chi connectivity index (χ3v) is 8.38. The lowest BCUT2D eigenvalue weighted by Gasteiger charge is -2.25. The van der Waals surface area contributed by atoms with Gasteiger partial charge in [-0.15, -0.1) is 0 Å². The highest BCUT2D eigenvalue weighted by Crippen LogP contribution is 2.35. The van der Waals surface area contributed by atoms with E-state index in [-0.39, 0.29) is 34.9 Å². The van der Waals surface area contributed by atoms with Gasteiger partial charge in [-0.1, -0.05) is 48.5 Å². The second-order valence-electron chi connectivity index (χ2n) is 9.71. The largest absolute Gasteiger partial charge is 0.497 e. The van der Waals surface area contributed by atoms with Crippen molar-refractivity contribution in [1.29, 1.82) is 0 Å². The van der Waals surface area contributed by atoms with Crippen LogP contribution in [0.3, 0.4) is 0 Å². The van der Waals surface area contributed by atoms with E-state index < -0.39 is 22.5 Å². The molecule has 0 aliphatic carbocycles. The van der Waals surface area contributed by atoms with Gasteiger partial charge in [0.15, 0.2) is 6.61 Å². The molecule has 12 heteroatoms. The van der Waals surface area contributed by atoms with Crippen molar-refractivity contribution in [3.05, 3.63) is 114 Å². The van der Waals surface area contributed by atoms with Gasteiger partial charge < -0.3 is 19.5 Å². The van der Waals surface area contributed by atoms with Gasteiger partial charge in [-0.25, -0.2) is 13.8 Å². The molecule has 0 heterocycles. The molecule has 2 amide bonds. The summed E-state index contributed by atoms with van der Waals surface area (Å²) in [6.45, 7) is 1.16. The van der Waals surface area contributed by atoms with Crippen LogP contribution in [0.4, 0.5) is 5.69 Å². The Morgan fingerprint density at radius 3 is 2.13 bits per heavy atom. The zero-order chi connectivity index (χ0) is 32.2. The third-order valence-electron chi connectivity index (χ3n) is 6.60. The molecule has 0 radical (unpaired) electrons. The first-order valence-electron chi connectivity index (χ1n) is 13.9. The fraction of sp³-hybridized carbons (Fsp3) is 0.182. The second kappa shape index (κ2) is 15.4. The number of rotatable bonds is 14. The van der Waals surface area contributed by atoms with Crippen LogP contribution in [-0.4, -0.2) is 53.8 Å². The SMILES string of the molecule is COc1ccc(OC)c(N(CC(=O)N/N=C\c2ccc(OCC(=O)N[C@@H](C)c3ccccc3)cc2)S(=O)(=O)c2ccccc2)c1. The molecule has 1 atom stereocenters. The molecule has 0 spiro atoms. The fourth-order valence-corrected chi connectivity index (χ4v) is 5.71. The Morgan fingerprint density at radius 2 is 1.49 bits per heavy atom. The Kier molecular flexibility index (Phi) is 11.1. The van der Waals surface area contributed by atoms with Gasteiger partial charge in [0.25, 0.3) is 21.8 Å². The second-order valence-corrected chi connectivity index (χ2v) is 11.6. The normalized spacial score (nSPS) is 11.8. The summed E-state index contributed by atoms with van der Waals surface area (Å²) in [6, 6.07) is 28.6. The number of anilines is 1. The lowest BCUT2D eigenvalue weighted by molar-refractivity contribution is -0.123. The monoisotopic (exact) mass is 630 g/mol. The summed E-state index contributed by atoms with van der Waals surface area (Å²) in [5.41, 5.74) is 4.12. The van der Waals surface area contributed by atoms with Gasteiger partial charge >= 0.3 is 0 Å². The highest BCUT2D eigenvalue weighted by molar-refractivity contribution is 7.92. The van der Waals surface area contributed by atoms with Crippen molar-refractivity contribution in [2.24, 2.45) is 5.10 Å². The van der Waals surface area contributed by atoms with E-state index in [0.29, 0.717) is 17.1 Å². The van der Waals surface area contributed by atoms with E-state index in [1.807, 2.05) is 37.3 Å². The van der Waals surface area contributed by atoms with Gasteiger partial charge in [-0.05, 0) is 66.6 Å². The minimum atomic E-state index is -4.18. The summed E-state index contributed by atoms with van der Waals surface area (Å²) in [5, 5.41) is 6.87. The number of ether oxygens (including phenoxy) is 3. The molecular weight excluding hydrogens is 596 g/mol. The van der Waals surface area contributed by atoms with Crippen LogP contribution in [0.2, 0.25) is 0 Å². The number of benzene rings is 4. The highest BCUT2D eigenvalue weighted by atomic mass is 32.2. The smallest absolute Gasteiger partial charge is 0.264 e. The van der Waals surface area contributed by atoms with Gasteiger partial charge in [-0.2, -0.15) is 5.10 Å². The predicted octanol–water partition coefficient (Wildman–Crippen LogP) is 4.31. The molecule has 0 unspecified atom stereocenters.